The van der Waals surface area contributed by atoms with Crippen LogP contribution in [-0.2, 0) is 11.4 Å². The third-order valence-corrected chi connectivity index (χ3v) is 6.82. The van der Waals surface area contributed by atoms with Crippen LogP contribution in [-0.4, -0.2) is 30.7 Å². The van der Waals surface area contributed by atoms with E-state index in [1.165, 1.54) is 13.2 Å². The molecule has 4 aromatic rings. The molecule has 0 bridgehead atoms. The van der Waals surface area contributed by atoms with Crippen LogP contribution >= 0.6 is 11.6 Å². The summed E-state index contributed by atoms with van der Waals surface area (Å²) in [4.78, 5) is 12.6. The number of hydrogen-bond donors (Lipinski definition) is 3. The van der Waals surface area contributed by atoms with Gasteiger partial charge in [0.05, 0.1) is 12.8 Å². The molecular weight excluding hydrogens is 513 g/mol. The average Bonchev–Trinajstić information content (AvgIpc) is 2.91. The summed E-state index contributed by atoms with van der Waals surface area (Å²) in [6.07, 6.45) is 0. The molecular formula is C28H25ClFN3O3S. The molecule has 6 nitrogen and oxygen atoms in total. The van der Waals surface area contributed by atoms with Crippen LogP contribution in [0.25, 0.3) is 11.1 Å². The highest BCUT2D eigenvalue weighted by molar-refractivity contribution is 7.92. The van der Waals surface area contributed by atoms with Gasteiger partial charge in [0.15, 0.2) is 5.75 Å². The van der Waals surface area contributed by atoms with Crippen molar-refractivity contribution in [3.05, 3.63) is 107 Å². The van der Waals surface area contributed by atoms with Crippen LogP contribution in [0.3, 0.4) is 0 Å². The standard InChI is InChI=1S/C28H25ClFN3O3S/c1-36-26-13-12-19(24-10-2-3-11-25(24)30)17-27(26)37(35)33-23-9-5-8-22(18-23)31-14-15-32-28(34)20-6-4-7-21(29)16-20/h2-13,16-18,31,33H,14-15H2,1H3,(H,32,34). The highest BCUT2D eigenvalue weighted by Gasteiger charge is 2.20. The highest BCUT2D eigenvalue weighted by Crippen LogP contribution is 2.32. The molecule has 1 amide bonds. The van der Waals surface area contributed by atoms with E-state index in [1.54, 1.807) is 66.7 Å². The molecule has 0 saturated carbocycles. The number of hydrogen-bond acceptors (Lipinski definition) is 5. The first-order chi connectivity index (χ1) is 17.9. The predicted molar refractivity (Wildman–Crippen MR) is 147 cm³/mol. The number of nitrogens with one attached hydrogen (secondary N) is 3. The van der Waals surface area contributed by atoms with Crippen LogP contribution in [0.5, 0.6) is 5.75 Å². The third kappa shape index (κ3) is 6.95. The zero-order valence-corrected chi connectivity index (χ0v) is 21.5. The van der Waals surface area contributed by atoms with Crippen molar-refractivity contribution in [2.24, 2.45) is 0 Å². The number of anilines is 2. The minimum Gasteiger partial charge on any atom is -0.588 e. The largest absolute Gasteiger partial charge is 0.588 e. The lowest BCUT2D eigenvalue weighted by Crippen LogP contribution is -2.28. The Morgan fingerprint density at radius 1 is 0.946 bits per heavy atom. The molecule has 0 saturated heterocycles. The van der Waals surface area contributed by atoms with E-state index in [1.807, 2.05) is 18.2 Å². The first kappa shape index (κ1) is 26.3. The van der Waals surface area contributed by atoms with Crippen LogP contribution in [0.15, 0.2) is 95.9 Å². The molecule has 4 rings (SSSR count). The van der Waals surface area contributed by atoms with Crippen LogP contribution in [0.1, 0.15) is 10.4 Å². The molecule has 0 heterocycles. The third-order valence-electron chi connectivity index (χ3n) is 5.45. The smallest absolute Gasteiger partial charge is 0.251 e. The van der Waals surface area contributed by atoms with Gasteiger partial charge in [-0.3, -0.25) is 4.79 Å². The van der Waals surface area contributed by atoms with Gasteiger partial charge in [0.25, 0.3) is 5.91 Å². The van der Waals surface area contributed by atoms with Gasteiger partial charge in [0.1, 0.15) is 17.2 Å². The monoisotopic (exact) mass is 537 g/mol. The normalized spacial score (nSPS) is 11.5. The number of carbonyl (C=O) groups excluding carboxylic acids is 1. The van der Waals surface area contributed by atoms with Gasteiger partial charge in [-0.1, -0.05) is 48.0 Å². The van der Waals surface area contributed by atoms with E-state index >= 15 is 0 Å². The van der Waals surface area contributed by atoms with E-state index in [2.05, 4.69) is 15.4 Å². The number of halogens is 2. The maximum atomic E-state index is 14.3. The summed E-state index contributed by atoms with van der Waals surface area (Å²) >= 11 is 4.26. The van der Waals surface area contributed by atoms with Crippen LogP contribution in [0.2, 0.25) is 5.02 Å². The molecule has 37 heavy (non-hydrogen) atoms. The van der Waals surface area contributed by atoms with Crippen molar-refractivity contribution in [2.75, 3.05) is 30.2 Å². The van der Waals surface area contributed by atoms with Crippen molar-refractivity contribution in [2.45, 2.75) is 4.90 Å². The van der Waals surface area contributed by atoms with E-state index < -0.39 is 11.4 Å². The molecule has 3 N–H and O–H groups in total. The molecule has 0 aliphatic rings. The fourth-order valence-corrected chi connectivity index (χ4v) is 4.86. The van der Waals surface area contributed by atoms with Gasteiger partial charge in [0.2, 0.25) is 4.90 Å². The fourth-order valence-electron chi connectivity index (χ4n) is 3.65. The molecule has 9 heteroatoms. The lowest BCUT2D eigenvalue weighted by molar-refractivity contribution is 0.0955. The number of ether oxygens (including phenoxy) is 1. The van der Waals surface area contributed by atoms with Gasteiger partial charge in [-0.15, -0.1) is 0 Å². The second-order valence-electron chi connectivity index (χ2n) is 7.99. The van der Waals surface area contributed by atoms with Crippen LogP contribution in [0.4, 0.5) is 15.8 Å². The van der Waals surface area contributed by atoms with Crippen molar-refractivity contribution in [3.8, 4) is 16.9 Å². The zero-order valence-electron chi connectivity index (χ0n) is 20.0. The minimum atomic E-state index is -1.67. The fraction of sp³-hybridized carbons (Fsp3) is 0.107. The maximum Gasteiger partial charge on any atom is 0.251 e. The quantitative estimate of drug-likeness (QED) is 0.167. The number of benzene rings is 4. The maximum absolute atomic E-state index is 14.3. The first-order valence-corrected chi connectivity index (χ1v) is 13.0. The van der Waals surface area contributed by atoms with Crippen molar-refractivity contribution in [1.82, 2.24) is 5.32 Å². The second kappa shape index (κ2) is 12.5. The highest BCUT2D eigenvalue weighted by atomic mass is 35.5. The Balaban J connectivity index is 1.38. The molecule has 4 aromatic carbocycles. The number of rotatable bonds is 10. The lowest BCUT2D eigenvalue weighted by atomic mass is 10.1. The second-order valence-corrected chi connectivity index (χ2v) is 9.61. The zero-order chi connectivity index (χ0) is 26.2. The van der Waals surface area contributed by atoms with Gasteiger partial charge in [0, 0.05) is 41.0 Å². The topological polar surface area (TPSA) is 85.4 Å². The Labute approximate surface area is 223 Å². The molecule has 0 aliphatic carbocycles. The van der Waals surface area contributed by atoms with Crippen molar-refractivity contribution in [1.29, 1.82) is 0 Å². The summed E-state index contributed by atoms with van der Waals surface area (Å²) in [5.41, 5.74) is 2.91. The van der Waals surface area contributed by atoms with Gasteiger partial charge >= 0.3 is 0 Å². The van der Waals surface area contributed by atoms with Gasteiger partial charge in [-0.25, -0.2) is 9.11 Å². The average molecular weight is 538 g/mol. The lowest BCUT2D eigenvalue weighted by Gasteiger charge is -2.16. The number of methoxy groups -OCH3 is 1. The SMILES string of the molecule is COc1ccc(-c2ccccc2F)cc1[S+]([O-])Nc1cccc(NCCNC(=O)c2cccc(Cl)c2)c1. The van der Waals surface area contributed by atoms with E-state index in [4.69, 9.17) is 16.3 Å². The number of carbonyl (C=O) groups is 1. The molecule has 1 atom stereocenters. The summed E-state index contributed by atoms with van der Waals surface area (Å²) < 4.78 is 35.9. The Kier molecular flexibility index (Phi) is 8.90. The summed E-state index contributed by atoms with van der Waals surface area (Å²) in [5, 5.41) is 6.57. The molecule has 1 unspecified atom stereocenters. The Morgan fingerprint density at radius 2 is 1.73 bits per heavy atom. The molecule has 0 radical (unpaired) electrons. The summed E-state index contributed by atoms with van der Waals surface area (Å²) in [6, 6.07) is 25.5. The first-order valence-electron chi connectivity index (χ1n) is 11.4. The van der Waals surface area contributed by atoms with E-state index in [0.717, 1.165) is 5.69 Å². The van der Waals surface area contributed by atoms with Gasteiger partial charge in [-0.2, -0.15) is 0 Å². The number of amides is 1. The van der Waals surface area contributed by atoms with Crippen molar-refractivity contribution >= 4 is 40.2 Å². The Morgan fingerprint density at radius 3 is 2.51 bits per heavy atom. The Hall–Kier alpha value is -3.72. The summed E-state index contributed by atoms with van der Waals surface area (Å²) in [5.74, 6) is -0.141. The Bertz CT molecular complexity index is 1390. The summed E-state index contributed by atoms with van der Waals surface area (Å²) in [7, 11) is 1.49. The molecule has 0 fully saturated rings. The van der Waals surface area contributed by atoms with E-state index in [-0.39, 0.29) is 11.7 Å². The van der Waals surface area contributed by atoms with E-state index in [0.29, 0.717) is 51.1 Å². The molecule has 0 spiro atoms. The minimum absolute atomic E-state index is 0.207. The molecule has 190 valence electrons. The van der Waals surface area contributed by atoms with Crippen molar-refractivity contribution < 1.29 is 18.5 Å². The van der Waals surface area contributed by atoms with Crippen LogP contribution in [0, 0.1) is 5.82 Å². The molecule has 0 aliphatic heterocycles. The van der Waals surface area contributed by atoms with E-state index in [9.17, 15) is 13.7 Å². The molecule has 0 aromatic heterocycles. The summed E-state index contributed by atoms with van der Waals surface area (Å²) in [6.45, 7) is 0.881. The van der Waals surface area contributed by atoms with Crippen molar-refractivity contribution in [3.63, 3.8) is 0 Å². The van der Waals surface area contributed by atoms with Gasteiger partial charge in [-0.05, 0) is 54.1 Å². The van der Waals surface area contributed by atoms with Gasteiger partial charge < -0.3 is 19.9 Å². The predicted octanol–water partition coefficient (Wildman–Crippen LogP) is 6.13. The van der Waals surface area contributed by atoms with Crippen LogP contribution < -0.4 is 20.1 Å².